The number of carbonyl (C=O) groups excluding carboxylic acids is 1. The van der Waals surface area contributed by atoms with E-state index in [1.165, 1.54) is 12.1 Å². The number of furan rings is 1. The van der Waals surface area contributed by atoms with Crippen molar-refractivity contribution in [3.63, 3.8) is 0 Å². The highest BCUT2D eigenvalue weighted by Crippen LogP contribution is 2.26. The molecular weight excluding hydrogens is 230 g/mol. The lowest BCUT2D eigenvalue weighted by molar-refractivity contribution is 0.0700. The van der Waals surface area contributed by atoms with Crippen LogP contribution in [0.15, 0.2) is 40.8 Å². The number of esters is 1. The van der Waals surface area contributed by atoms with E-state index in [1.54, 1.807) is 6.07 Å². The van der Waals surface area contributed by atoms with E-state index in [4.69, 9.17) is 14.9 Å². The van der Waals surface area contributed by atoms with Gasteiger partial charge < -0.3 is 14.9 Å². The van der Waals surface area contributed by atoms with Gasteiger partial charge in [0, 0.05) is 6.07 Å². The minimum Gasteiger partial charge on any atom is -0.434 e. The Labute approximate surface area is 105 Å². The summed E-state index contributed by atoms with van der Waals surface area (Å²) in [5.41, 5.74) is 6.39. The smallest absolute Gasteiger partial charge is 0.379 e. The zero-order valence-corrected chi connectivity index (χ0v) is 10.3. The number of rotatable bonds is 3. The first kappa shape index (κ1) is 12.2. The van der Waals surface area contributed by atoms with E-state index in [1.807, 2.05) is 32.0 Å². The summed E-state index contributed by atoms with van der Waals surface area (Å²) in [5, 5.41) is 0. The van der Waals surface area contributed by atoms with Crippen LogP contribution in [0.3, 0.4) is 0 Å². The zero-order chi connectivity index (χ0) is 13.1. The molecule has 2 rings (SSSR count). The van der Waals surface area contributed by atoms with Crippen molar-refractivity contribution < 1.29 is 13.9 Å². The Morgan fingerprint density at radius 2 is 1.94 bits per heavy atom. The van der Waals surface area contributed by atoms with Gasteiger partial charge in [-0.25, -0.2) is 4.79 Å². The second-order valence-corrected chi connectivity index (χ2v) is 4.28. The molecule has 94 valence electrons. The largest absolute Gasteiger partial charge is 0.434 e. The summed E-state index contributed by atoms with van der Waals surface area (Å²) in [5.74, 6) is 0.577. The Morgan fingerprint density at radius 3 is 2.56 bits per heavy atom. The summed E-state index contributed by atoms with van der Waals surface area (Å²) >= 11 is 0. The van der Waals surface area contributed by atoms with Gasteiger partial charge in [-0.1, -0.05) is 32.0 Å². The summed E-state index contributed by atoms with van der Waals surface area (Å²) in [6, 6.07) is 10.5. The van der Waals surface area contributed by atoms with Crippen LogP contribution in [0.4, 0.5) is 5.88 Å². The van der Waals surface area contributed by atoms with Gasteiger partial charge in [-0.05, 0) is 23.6 Å². The molecule has 2 aromatic rings. The van der Waals surface area contributed by atoms with Crippen molar-refractivity contribution in [1.82, 2.24) is 0 Å². The highest BCUT2D eigenvalue weighted by Gasteiger charge is 2.15. The van der Waals surface area contributed by atoms with E-state index >= 15 is 0 Å². The van der Waals surface area contributed by atoms with Crippen molar-refractivity contribution in [2.45, 2.75) is 19.8 Å². The molecule has 0 radical (unpaired) electrons. The standard InChI is InChI=1S/C14H15NO3/c1-9(2)10-5-3-4-6-11(10)18-14(16)12-7-8-13(15)17-12/h3-9H,15H2,1-2H3. The molecule has 1 heterocycles. The van der Waals surface area contributed by atoms with E-state index in [2.05, 4.69) is 0 Å². The fraction of sp³-hybridized carbons (Fsp3) is 0.214. The van der Waals surface area contributed by atoms with Crippen LogP contribution in [0.1, 0.15) is 35.9 Å². The number of para-hydroxylation sites is 1. The van der Waals surface area contributed by atoms with Gasteiger partial charge in [-0.15, -0.1) is 0 Å². The van der Waals surface area contributed by atoms with Crippen molar-refractivity contribution in [3.8, 4) is 5.75 Å². The first-order chi connectivity index (χ1) is 8.58. The number of benzene rings is 1. The number of hydrogen-bond acceptors (Lipinski definition) is 4. The molecule has 0 aliphatic heterocycles. The van der Waals surface area contributed by atoms with Gasteiger partial charge in [0.05, 0.1) is 0 Å². The summed E-state index contributed by atoms with van der Waals surface area (Å²) in [6.45, 7) is 4.08. The van der Waals surface area contributed by atoms with Crippen LogP contribution < -0.4 is 10.5 Å². The van der Waals surface area contributed by atoms with Crippen molar-refractivity contribution in [2.24, 2.45) is 0 Å². The number of hydrogen-bond donors (Lipinski definition) is 1. The molecule has 4 heteroatoms. The van der Waals surface area contributed by atoms with Crippen LogP contribution >= 0.6 is 0 Å². The molecular formula is C14H15NO3. The number of carbonyl (C=O) groups is 1. The van der Waals surface area contributed by atoms with Gasteiger partial charge >= 0.3 is 5.97 Å². The third kappa shape index (κ3) is 2.53. The monoisotopic (exact) mass is 245 g/mol. The highest BCUT2D eigenvalue weighted by molar-refractivity contribution is 5.88. The third-order valence-electron chi connectivity index (χ3n) is 2.57. The van der Waals surface area contributed by atoms with Crippen molar-refractivity contribution in [3.05, 3.63) is 47.7 Å². The lowest BCUT2D eigenvalue weighted by Gasteiger charge is -2.11. The molecule has 0 saturated carbocycles. The fourth-order valence-electron chi connectivity index (χ4n) is 1.66. The molecule has 1 aromatic heterocycles. The maximum atomic E-state index is 11.8. The molecule has 0 unspecified atom stereocenters. The molecule has 18 heavy (non-hydrogen) atoms. The SMILES string of the molecule is CC(C)c1ccccc1OC(=O)c1ccc(N)o1. The summed E-state index contributed by atoms with van der Waals surface area (Å²) in [4.78, 5) is 11.8. The number of anilines is 1. The topological polar surface area (TPSA) is 65.5 Å². The van der Waals surface area contributed by atoms with Crippen LogP contribution in [0.25, 0.3) is 0 Å². The second-order valence-electron chi connectivity index (χ2n) is 4.28. The predicted octanol–water partition coefficient (Wildman–Crippen LogP) is 3.20. The quantitative estimate of drug-likeness (QED) is 0.666. The average Bonchev–Trinajstić information content (AvgIpc) is 2.76. The number of ether oxygens (including phenoxy) is 1. The molecule has 4 nitrogen and oxygen atoms in total. The van der Waals surface area contributed by atoms with Crippen LogP contribution in [-0.2, 0) is 0 Å². The first-order valence-electron chi connectivity index (χ1n) is 5.74. The number of nitrogens with two attached hydrogens (primary N) is 1. The average molecular weight is 245 g/mol. The van der Waals surface area contributed by atoms with Gasteiger partial charge in [-0.2, -0.15) is 0 Å². The molecule has 0 fully saturated rings. The van der Waals surface area contributed by atoms with E-state index in [9.17, 15) is 4.79 Å². The molecule has 2 N–H and O–H groups in total. The Bertz CT molecular complexity index is 558. The molecule has 1 aromatic carbocycles. The van der Waals surface area contributed by atoms with E-state index in [0.717, 1.165) is 5.56 Å². The Hall–Kier alpha value is -2.23. The second kappa shape index (κ2) is 4.96. The summed E-state index contributed by atoms with van der Waals surface area (Å²) in [7, 11) is 0. The number of nitrogen functional groups attached to an aromatic ring is 1. The Balaban J connectivity index is 2.22. The van der Waals surface area contributed by atoms with Gasteiger partial charge in [0.1, 0.15) is 5.75 Å². The van der Waals surface area contributed by atoms with E-state index in [-0.39, 0.29) is 17.6 Å². The highest BCUT2D eigenvalue weighted by atomic mass is 16.5. The van der Waals surface area contributed by atoms with E-state index in [0.29, 0.717) is 5.75 Å². The van der Waals surface area contributed by atoms with Gasteiger partial charge in [0.15, 0.2) is 5.88 Å². The summed E-state index contributed by atoms with van der Waals surface area (Å²) in [6.07, 6.45) is 0. The maximum absolute atomic E-state index is 11.8. The lowest BCUT2D eigenvalue weighted by Crippen LogP contribution is -2.09. The minimum atomic E-state index is -0.542. The van der Waals surface area contributed by atoms with Gasteiger partial charge in [-0.3, -0.25) is 0 Å². The van der Waals surface area contributed by atoms with Crippen LogP contribution in [0.5, 0.6) is 5.75 Å². The molecule has 0 bridgehead atoms. The molecule has 0 aliphatic rings. The fourth-order valence-corrected chi connectivity index (χ4v) is 1.66. The molecule has 0 spiro atoms. The molecule has 0 amide bonds. The Morgan fingerprint density at radius 1 is 1.22 bits per heavy atom. The first-order valence-corrected chi connectivity index (χ1v) is 5.74. The normalized spacial score (nSPS) is 10.6. The predicted molar refractivity (Wildman–Crippen MR) is 68.6 cm³/mol. The zero-order valence-electron chi connectivity index (χ0n) is 10.3. The van der Waals surface area contributed by atoms with Crippen LogP contribution in [-0.4, -0.2) is 5.97 Å². The third-order valence-corrected chi connectivity index (χ3v) is 2.57. The van der Waals surface area contributed by atoms with Crippen LogP contribution in [0.2, 0.25) is 0 Å². The summed E-state index contributed by atoms with van der Waals surface area (Å²) < 4.78 is 10.3. The lowest BCUT2D eigenvalue weighted by atomic mass is 10.0. The Kier molecular flexibility index (Phi) is 3.37. The van der Waals surface area contributed by atoms with Crippen molar-refractivity contribution >= 4 is 11.9 Å². The molecule has 0 aliphatic carbocycles. The molecule has 0 saturated heterocycles. The van der Waals surface area contributed by atoms with E-state index < -0.39 is 5.97 Å². The van der Waals surface area contributed by atoms with Gasteiger partial charge in [0.25, 0.3) is 0 Å². The van der Waals surface area contributed by atoms with Crippen molar-refractivity contribution in [2.75, 3.05) is 5.73 Å². The minimum absolute atomic E-state index is 0.103. The van der Waals surface area contributed by atoms with Crippen LogP contribution in [0, 0.1) is 0 Å². The maximum Gasteiger partial charge on any atom is 0.379 e. The van der Waals surface area contributed by atoms with Gasteiger partial charge in [0.2, 0.25) is 5.76 Å². The van der Waals surface area contributed by atoms with Crippen molar-refractivity contribution in [1.29, 1.82) is 0 Å². The molecule has 0 atom stereocenters.